The number of hydrogen-bond acceptors (Lipinski definition) is 15. The number of phosphoric acid groups is 2. The molecule has 106 heavy (non-hydrogen) atoms. The smallest absolute Gasteiger partial charge is 0.462 e. The quantitative estimate of drug-likeness (QED) is 0.0222. The molecule has 0 aromatic heterocycles. The van der Waals surface area contributed by atoms with E-state index in [4.69, 9.17) is 37.0 Å². The van der Waals surface area contributed by atoms with E-state index in [1.165, 1.54) is 270 Å². The summed E-state index contributed by atoms with van der Waals surface area (Å²) >= 11 is 0. The van der Waals surface area contributed by atoms with Gasteiger partial charge in [0.05, 0.1) is 26.4 Å². The molecule has 0 fully saturated rings. The summed E-state index contributed by atoms with van der Waals surface area (Å²) in [6, 6.07) is 0. The minimum atomic E-state index is -4.97. The van der Waals surface area contributed by atoms with Crippen LogP contribution in [0.5, 0.6) is 0 Å². The van der Waals surface area contributed by atoms with Gasteiger partial charge in [-0.2, -0.15) is 0 Å². The fourth-order valence-corrected chi connectivity index (χ4v) is 15.1. The molecule has 630 valence electrons. The van der Waals surface area contributed by atoms with E-state index in [0.29, 0.717) is 25.7 Å². The topological polar surface area (TPSA) is 237 Å². The maximum absolute atomic E-state index is 13.2. The lowest BCUT2D eigenvalue weighted by atomic mass is 9.99. The third-order valence-electron chi connectivity index (χ3n) is 21.1. The Morgan fingerprint density at radius 1 is 0.274 bits per heavy atom. The van der Waals surface area contributed by atoms with Crippen molar-refractivity contribution in [2.75, 3.05) is 39.6 Å². The van der Waals surface area contributed by atoms with E-state index in [1.54, 1.807) is 0 Å². The van der Waals surface area contributed by atoms with E-state index >= 15 is 0 Å². The lowest BCUT2D eigenvalue weighted by molar-refractivity contribution is -0.161. The average Bonchev–Trinajstić information content (AvgIpc) is 0.900. The molecule has 0 saturated heterocycles. The molecule has 3 N–H and O–H groups in total. The molecule has 0 aliphatic heterocycles. The molecule has 0 radical (unpaired) electrons. The van der Waals surface area contributed by atoms with Crippen LogP contribution in [0.25, 0.3) is 0 Å². The van der Waals surface area contributed by atoms with Crippen molar-refractivity contribution in [2.45, 2.75) is 478 Å². The molecule has 7 atom stereocenters. The number of ether oxygens (including phenoxy) is 4. The van der Waals surface area contributed by atoms with Gasteiger partial charge >= 0.3 is 39.5 Å². The van der Waals surface area contributed by atoms with Gasteiger partial charge in [0.15, 0.2) is 12.2 Å². The largest absolute Gasteiger partial charge is 0.472 e. The van der Waals surface area contributed by atoms with Gasteiger partial charge in [-0.05, 0) is 43.4 Å². The first-order chi connectivity index (χ1) is 51.3. The zero-order valence-electron chi connectivity index (χ0n) is 69.9. The third-order valence-corrected chi connectivity index (χ3v) is 23.0. The summed E-state index contributed by atoms with van der Waals surface area (Å²) in [5.41, 5.74) is 0. The molecule has 0 saturated carbocycles. The predicted molar refractivity (Wildman–Crippen MR) is 437 cm³/mol. The Morgan fingerprint density at radius 3 is 0.717 bits per heavy atom. The van der Waals surface area contributed by atoms with Gasteiger partial charge in [0.2, 0.25) is 0 Å². The number of carbonyl (C=O) groups excluding carboxylic acids is 4. The van der Waals surface area contributed by atoms with Crippen LogP contribution < -0.4 is 0 Å². The molecule has 0 aromatic carbocycles. The number of carbonyl (C=O) groups is 4. The Labute approximate surface area is 651 Å². The SMILES string of the molecule is CCCCCCCCCCCCC(=O)OC[C@H](COP(=O)(O)OC[C@H](O)COP(=O)(O)OC[C@@H](COC(=O)CCCCCCCCCCCCCCCCCCCCC(C)CC)OC(=O)CCCCCCCCCCCCCCCCCCCCC(C)CC)OC(=O)CCCCCCCCCCCC(C)C. The molecule has 0 heterocycles. The highest BCUT2D eigenvalue weighted by atomic mass is 31.2. The van der Waals surface area contributed by atoms with Gasteiger partial charge in [-0.1, -0.05) is 408 Å². The summed E-state index contributed by atoms with van der Waals surface area (Å²) in [6.07, 6.45) is 68.1. The molecular formula is C87H170O17P2. The standard InChI is InChI=1S/C87H170O17P2/c1-8-11-12-13-14-15-40-47-54-61-68-84(89)97-74-83(104-87(92)71-64-57-50-43-36-37-44-51-58-65-78(4)5)77-102-106(95,96)100-73-81(88)72-99-105(93,94)101-76-82(103-86(91)70-63-56-49-42-35-31-27-23-19-17-21-25-29-33-39-46-53-60-67-80(7)10-3)75-98-85(90)69-62-55-48-41-34-30-26-22-18-16-20-24-28-32-38-45-52-59-66-79(6)9-2/h78-83,88H,8-77H2,1-7H3,(H,93,94)(H,95,96)/t79?,80?,81-,82-,83-/m1/s1. The van der Waals surface area contributed by atoms with Crippen molar-refractivity contribution in [1.29, 1.82) is 0 Å². The molecule has 0 bridgehead atoms. The second kappa shape index (κ2) is 77.0. The van der Waals surface area contributed by atoms with Crippen molar-refractivity contribution in [3.8, 4) is 0 Å². The minimum absolute atomic E-state index is 0.106. The molecule has 19 heteroatoms. The maximum atomic E-state index is 13.2. The van der Waals surface area contributed by atoms with E-state index in [2.05, 4.69) is 48.5 Å². The zero-order chi connectivity index (χ0) is 77.9. The lowest BCUT2D eigenvalue weighted by Gasteiger charge is -2.21. The Bertz CT molecular complexity index is 2050. The molecular weight excluding hydrogens is 1380 g/mol. The van der Waals surface area contributed by atoms with Crippen LogP contribution in [0.3, 0.4) is 0 Å². The fraction of sp³-hybridized carbons (Fsp3) is 0.954. The van der Waals surface area contributed by atoms with E-state index in [1.807, 2.05) is 0 Å². The second-order valence-electron chi connectivity index (χ2n) is 32.2. The van der Waals surface area contributed by atoms with Crippen molar-refractivity contribution in [3.63, 3.8) is 0 Å². The van der Waals surface area contributed by atoms with E-state index < -0.39 is 97.5 Å². The number of phosphoric ester groups is 2. The Hall–Kier alpha value is -1.94. The van der Waals surface area contributed by atoms with Crippen LogP contribution >= 0.6 is 15.6 Å². The van der Waals surface area contributed by atoms with E-state index in [9.17, 15) is 43.2 Å². The Kier molecular flexibility index (Phi) is 75.6. The van der Waals surface area contributed by atoms with Gasteiger partial charge < -0.3 is 33.8 Å². The van der Waals surface area contributed by atoms with Gasteiger partial charge in [-0.25, -0.2) is 9.13 Å². The first-order valence-electron chi connectivity index (χ1n) is 44.9. The molecule has 0 spiro atoms. The first kappa shape index (κ1) is 104. The van der Waals surface area contributed by atoms with Gasteiger partial charge in [-0.3, -0.25) is 37.3 Å². The van der Waals surface area contributed by atoms with Crippen molar-refractivity contribution in [1.82, 2.24) is 0 Å². The average molecular weight is 1550 g/mol. The summed E-state index contributed by atoms with van der Waals surface area (Å²) < 4.78 is 68.8. The van der Waals surface area contributed by atoms with Gasteiger partial charge in [-0.15, -0.1) is 0 Å². The third kappa shape index (κ3) is 77.4. The van der Waals surface area contributed by atoms with E-state index in [0.717, 1.165) is 108 Å². The highest BCUT2D eigenvalue weighted by Crippen LogP contribution is 2.45. The number of aliphatic hydroxyl groups is 1. The van der Waals surface area contributed by atoms with Gasteiger partial charge in [0.25, 0.3) is 0 Å². The normalized spacial score (nSPS) is 14.4. The van der Waals surface area contributed by atoms with Crippen molar-refractivity contribution >= 4 is 39.5 Å². The zero-order valence-corrected chi connectivity index (χ0v) is 71.7. The van der Waals surface area contributed by atoms with Crippen LogP contribution in [0.2, 0.25) is 0 Å². The van der Waals surface area contributed by atoms with Crippen LogP contribution in [0.1, 0.15) is 459 Å². The van der Waals surface area contributed by atoms with Crippen LogP contribution in [0.15, 0.2) is 0 Å². The first-order valence-corrected chi connectivity index (χ1v) is 47.9. The molecule has 0 aromatic rings. The van der Waals surface area contributed by atoms with Crippen molar-refractivity contribution < 1.29 is 80.2 Å². The molecule has 17 nitrogen and oxygen atoms in total. The summed E-state index contributed by atoms with van der Waals surface area (Å²) in [7, 11) is -9.93. The molecule has 0 rings (SSSR count). The monoisotopic (exact) mass is 1550 g/mol. The summed E-state index contributed by atoms with van der Waals surface area (Å²) in [4.78, 5) is 73.2. The number of rotatable bonds is 85. The van der Waals surface area contributed by atoms with Crippen LogP contribution in [-0.2, 0) is 65.4 Å². The van der Waals surface area contributed by atoms with Gasteiger partial charge in [0, 0.05) is 25.7 Å². The predicted octanol–water partition coefficient (Wildman–Crippen LogP) is 26.5. The molecule has 0 amide bonds. The molecule has 0 aliphatic rings. The fourth-order valence-electron chi connectivity index (χ4n) is 13.5. The van der Waals surface area contributed by atoms with E-state index in [-0.39, 0.29) is 25.7 Å². The number of hydrogen-bond donors (Lipinski definition) is 3. The van der Waals surface area contributed by atoms with Crippen LogP contribution in [0, 0.1) is 17.8 Å². The number of esters is 4. The highest BCUT2D eigenvalue weighted by molar-refractivity contribution is 7.47. The summed E-state index contributed by atoms with van der Waals surface area (Å²) in [5.74, 6) is 0.376. The minimum Gasteiger partial charge on any atom is -0.462 e. The van der Waals surface area contributed by atoms with Crippen LogP contribution in [-0.4, -0.2) is 96.7 Å². The molecule has 4 unspecified atom stereocenters. The number of aliphatic hydroxyl groups excluding tert-OH is 1. The maximum Gasteiger partial charge on any atom is 0.472 e. The highest BCUT2D eigenvalue weighted by Gasteiger charge is 2.31. The van der Waals surface area contributed by atoms with Gasteiger partial charge in [0.1, 0.15) is 19.3 Å². The second-order valence-corrected chi connectivity index (χ2v) is 35.1. The van der Waals surface area contributed by atoms with Crippen molar-refractivity contribution in [3.05, 3.63) is 0 Å². The molecule has 0 aliphatic carbocycles. The summed E-state index contributed by atoms with van der Waals surface area (Å²) in [6.45, 7) is 12.1. The number of unbranched alkanes of at least 4 members (excludes halogenated alkanes) is 51. The lowest BCUT2D eigenvalue weighted by Crippen LogP contribution is -2.30. The van der Waals surface area contributed by atoms with Crippen molar-refractivity contribution in [2.24, 2.45) is 17.8 Å². The Morgan fingerprint density at radius 2 is 0.481 bits per heavy atom. The van der Waals surface area contributed by atoms with Crippen LogP contribution in [0.4, 0.5) is 0 Å². The Balaban J connectivity index is 5.19. The summed E-state index contributed by atoms with van der Waals surface area (Å²) in [5, 5.41) is 10.7.